The highest BCUT2D eigenvalue weighted by Gasteiger charge is 2.28. The van der Waals surface area contributed by atoms with Crippen LogP contribution in [-0.4, -0.2) is 43.2 Å². The Hall–Kier alpha value is -3.19. The Balaban J connectivity index is 1.79. The van der Waals surface area contributed by atoms with Gasteiger partial charge < -0.3 is 9.47 Å². The first-order valence-corrected chi connectivity index (χ1v) is 9.81. The molecule has 0 radical (unpaired) electrons. The van der Waals surface area contributed by atoms with Crippen molar-refractivity contribution in [3.63, 3.8) is 0 Å². The van der Waals surface area contributed by atoms with Crippen LogP contribution in [0.3, 0.4) is 0 Å². The van der Waals surface area contributed by atoms with Crippen LogP contribution >= 0.6 is 11.6 Å². The summed E-state index contributed by atoms with van der Waals surface area (Å²) in [6.45, 7) is 1.55. The number of hydrogen-bond donors (Lipinski definition) is 0. The van der Waals surface area contributed by atoms with Gasteiger partial charge in [-0.25, -0.2) is 0 Å². The molecule has 1 heterocycles. The van der Waals surface area contributed by atoms with E-state index in [1.54, 1.807) is 43.3 Å². The van der Waals surface area contributed by atoms with Crippen LogP contribution in [-0.2, 0) is 14.3 Å². The van der Waals surface area contributed by atoms with Crippen molar-refractivity contribution >= 4 is 40.7 Å². The maximum Gasteiger partial charge on any atom is 0.306 e. The lowest BCUT2D eigenvalue weighted by molar-refractivity contribution is -0.143. The fourth-order valence-electron chi connectivity index (χ4n) is 3.01. The first-order chi connectivity index (χ1) is 14.4. The molecule has 0 spiro atoms. The molecule has 0 aliphatic carbocycles. The van der Waals surface area contributed by atoms with Crippen LogP contribution in [0.25, 0.3) is 0 Å². The number of esters is 1. The number of nitrogens with zero attached hydrogens (tertiary/aromatic N) is 1. The molecule has 0 unspecified atom stereocenters. The average Bonchev–Trinajstić information content (AvgIpc) is 2.74. The Morgan fingerprint density at radius 1 is 1.03 bits per heavy atom. The van der Waals surface area contributed by atoms with Crippen LogP contribution in [0.4, 0.5) is 5.69 Å². The minimum Gasteiger partial charge on any atom is -0.482 e. The number of Topliss-reactive ketones (excluding diaryl/α,β-unsaturated/α-hetero) is 2. The van der Waals surface area contributed by atoms with E-state index in [1.807, 2.05) is 0 Å². The normalized spacial score (nSPS) is 12.7. The lowest BCUT2D eigenvalue weighted by Crippen LogP contribution is -2.42. The fraction of sp³-hybridized carbons (Fsp3) is 0.273. The van der Waals surface area contributed by atoms with E-state index in [0.29, 0.717) is 27.6 Å². The molecular formula is C22H20ClNO6. The molecule has 0 atom stereocenters. The number of ether oxygens (including phenoxy) is 2. The minimum absolute atomic E-state index is 0.0177. The van der Waals surface area contributed by atoms with Crippen LogP contribution < -0.4 is 9.64 Å². The maximum atomic E-state index is 12.6. The van der Waals surface area contributed by atoms with Crippen LogP contribution in [0.1, 0.15) is 40.5 Å². The standard InChI is InChI=1S/C22H20ClNO6/c1-2-29-22(28)10-8-18(25)15-5-9-20-17(11-15)24(21(27)13-30-20)12-19(26)14-3-6-16(23)7-4-14/h3-7,9,11H,2,8,10,12-13H2,1H3. The second-order valence-corrected chi connectivity index (χ2v) is 7.05. The molecule has 1 amide bonds. The molecule has 1 aliphatic rings. The Morgan fingerprint density at radius 3 is 2.43 bits per heavy atom. The van der Waals surface area contributed by atoms with Gasteiger partial charge in [0.1, 0.15) is 5.75 Å². The first-order valence-electron chi connectivity index (χ1n) is 9.44. The summed E-state index contributed by atoms with van der Waals surface area (Å²) in [5.41, 5.74) is 1.08. The highest BCUT2D eigenvalue weighted by Crippen LogP contribution is 2.33. The van der Waals surface area contributed by atoms with Crippen molar-refractivity contribution in [2.24, 2.45) is 0 Å². The van der Waals surface area contributed by atoms with Crippen LogP contribution in [0.2, 0.25) is 5.02 Å². The van der Waals surface area contributed by atoms with Gasteiger partial charge in [-0.1, -0.05) is 11.6 Å². The molecule has 2 aromatic rings. The Labute approximate surface area is 178 Å². The predicted molar refractivity (Wildman–Crippen MR) is 110 cm³/mol. The Bertz CT molecular complexity index is 986. The van der Waals surface area contributed by atoms with Gasteiger partial charge in [0.25, 0.3) is 5.91 Å². The summed E-state index contributed by atoms with van der Waals surface area (Å²) in [7, 11) is 0. The Kier molecular flexibility index (Phi) is 6.84. The van der Waals surface area contributed by atoms with Gasteiger partial charge in [-0.05, 0) is 49.4 Å². The number of anilines is 1. The van der Waals surface area contributed by atoms with E-state index in [0.717, 1.165) is 0 Å². The number of rotatable bonds is 8. The van der Waals surface area contributed by atoms with Crippen molar-refractivity contribution < 1.29 is 28.7 Å². The third-order valence-electron chi connectivity index (χ3n) is 4.55. The van der Waals surface area contributed by atoms with Crippen LogP contribution in [0.15, 0.2) is 42.5 Å². The molecule has 7 nitrogen and oxygen atoms in total. The van der Waals surface area contributed by atoms with Gasteiger partial charge in [-0.3, -0.25) is 24.1 Å². The molecule has 156 valence electrons. The van der Waals surface area contributed by atoms with Gasteiger partial charge in [0.15, 0.2) is 18.2 Å². The van der Waals surface area contributed by atoms with Gasteiger partial charge in [0, 0.05) is 22.6 Å². The molecule has 2 aromatic carbocycles. The van der Waals surface area contributed by atoms with Crippen LogP contribution in [0, 0.1) is 0 Å². The molecular weight excluding hydrogens is 410 g/mol. The summed E-state index contributed by atoms with van der Waals surface area (Å²) < 4.78 is 10.3. The number of ketones is 2. The topological polar surface area (TPSA) is 90.0 Å². The molecule has 0 saturated heterocycles. The lowest BCUT2D eigenvalue weighted by Gasteiger charge is -2.29. The molecule has 0 saturated carbocycles. The number of fused-ring (bicyclic) bond motifs is 1. The highest BCUT2D eigenvalue weighted by atomic mass is 35.5. The summed E-state index contributed by atoms with van der Waals surface area (Å²) in [4.78, 5) is 50.3. The van der Waals surface area contributed by atoms with Gasteiger partial charge in [0.2, 0.25) is 0 Å². The van der Waals surface area contributed by atoms with Crippen molar-refractivity contribution in [2.75, 3.05) is 24.7 Å². The lowest BCUT2D eigenvalue weighted by atomic mass is 10.0. The smallest absolute Gasteiger partial charge is 0.306 e. The highest BCUT2D eigenvalue weighted by molar-refractivity contribution is 6.30. The largest absolute Gasteiger partial charge is 0.482 e. The van der Waals surface area contributed by atoms with E-state index in [2.05, 4.69) is 0 Å². The number of halogens is 1. The summed E-state index contributed by atoms with van der Waals surface area (Å²) in [5.74, 6) is -0.973. The predicted octanol–water partition coefficient (Wildman–Crippen LogP) is 3.47. The second-order valence-electron chi connectivity index (χ2n) is 6.61. The fourth-order valence-corrected chi connectivity index (χ4v) is 3.14. The minimum atomic E-state index is -0.447. The van der Waals surface area contributed by atoms with E-state index in [-0.39, 0.29) is 50.1 Å². The van der Waals surface area contributed by atoms with Gasteiger partial charge in [-0.2, -0.15) is 0 Å². The van der Waals surface area contributed by atoms with E-state index >= 15 is 0 Å². The van der Waals surface area contributed by atoms with Crippen molar-refractivity contribution in [3.05, 3.63) is 58.6 Å². The summed E-state index contributed by atoms with van der Waals surface area (Å²) in [6, 6.07) is 11.0. The zero-order valence-electron chi connectivity index (χ0n) is 16.4. The monoisotopic (exact) mass is 429 g/mol. The van der Waals surface area contributed by atoms with Crippen molar-refractivity contribution in [3.8, 4) is 5.75 Å². The molecule has 8 heteroatoms. The number of hydrogen-bond acceptors (Lipinski definition) is 6. The molecule has 1 aliphatic heterocycles. The maximum absolute atomic E-state index is 12.6. The average molecular weight is 430 g/mol. The molecule has 0 N–H and O–H groups in total. The van der Waals surface area contributed by atoms with Gasteiger partial charge in [0.05, 0.1) is 25.3 Å². The number of amides is 1. The molecule has 0 bridgehead atoms. The zero-order valence-corrected chi connectivity index (χ0v) is 17.1. The van der Waals surface area contributed by atoms with E-state index in [1.165, 1.54) is 11.0 Å². The molecule has 3 rings (SSSR count). The molecule has 30 heavy (non-hydrogen) atoms. The summed E-state index contributed by atoms with van der Waals surface area (Å²) >= 11 is 5.85. The number of carbonyl (C=O) groups excluding carboxylic acids is 4. The van der Waals surface area contributed by atoms with E-state index < -0.39 is 5.97 Å². The first kappa shape index (κ1) is 21.5. The summed E-state index contributed by atoms with van der Waals surface area (Å²) in [5, 5.41) is 0.505. The third kappa shape index (κ3) is 5.04. The number of benzene rings is 2. The van der Waals surface area contributed by atoms with Gasteiger partial charge in [-0.15, -0.1) is 0 Å². The SMILES string of the molecule is CCOC(=O)CCC(=O)c1ccc2c(c1)N(CC(=O)c1ccc(Cl)cc1)C(=O)CO2. The van der Waals surface area contributed by atoms with Crippen molar-refractivity contribution in [1.29, 1.82) is 0 Å². The summed E-state index contributed by atoms with van der Waals surface area (Å²) in [6.07, 6.45) is -0.0475. The Morgan fingerprint density at radius 2 is 1.73 bits per heavy atom. The van der Waals surface area contributed by atoms with E-state index in [4.69, 9.17) is 21.1 Å². The zero-order chi connectivity index (χ0) is 21.7. The van der Waals surface area contributed by atoms with Gasteiger partial charge >= 0.3 is 5.97 Å². The molecule has 0 aromatic heterocycles. The van der Waals surface area contributed by atoms with E-state index in [9.17, 15) is 19.2 Å². The third-order valence-corrected chi connectivity index (χ3v) is 4.81. The second kappa shape index (κ2) is 9.54. The molecule has 0 fully saturated rings. The van der Waals surface area contributed by atoms with Crippen LogP contribution in [0.5, 0.6) is 5.75 Å². The quantitative estimate of drug-likeness (QED) is 0.471. The van der Waals surface area contributed by atoms with Crippen molar-refractivity contribution in [1.82, 2.24) is 0 Å². The van der Waals surface area contributed by atoms with Crippen molar-refractivity contribution in [2.45, 2.75) is 19.8 Å². The number of carbonyl (C=O) groups is 4.